The van der Waals surface area contributed by atoms with Crippen molar-refractivity contribution in [2.24, 2.45) is 0 Å². The standard InChI is InChI=1S/C14H11Cl2N.C14H12ClNO/c15-11-5-6-12-10(8-11)4-3-9-2-1-7-17-14(9)13(12)16;15-11-5-6-12-10(8-11)4-3-9-2-1-7-16-13(9)14(12)17/h1-2,5-8,13H,3-4H2;1-2,5-8,14,17H,3-4H2. The molecule has 34 heavy (non-hydrogen) atoms. The number of hydrogen-bond donors (Lipinski definition) is 1. The van der Waals surface area contributed by atoms with E-state index in [4.69, 9.17) is 34.8 Å². The van der Waals surface area contributed by atoms with Crippen LogP contribution in [0.3, 0.4) is 0 Å². The van der Waals surface area contributed by atoms with Gasteiger partial charge in [-0.1, -0.05) is 47.5 Å². The lowest BCUT2D eigenvalue weighted by molar-refractivity contribution is 0.214. The Labute approximate surface area is 214 Å². The molecule has 2 aromatic heterocycles. The molecule has 0 spiro atoms. The van der Waals surface area contributed by atoms with E-state index in [1.54, 1.807) is 12.4 Å². The summed E-state index contributed by atoms with van der Waals surface area (Å²) in [7, 11) is 0. The van der Waals surface area contributed by atoms with E-state index in [2.05, 4.69) is 16.0 Å². The van der Waals surface area contributed by atoms with E-state index >= 15 is 0 Å². The molecule has 172 valence electrons. The molecule has 0 aliphatic heterocycles. The summed E-state index contributed by atoms with van der Waals surface area (Å²) in [4.78, 5) is 8.72. The van der Waals surface area contributed by atoms with Gasteiger partial charge in [0.15, 0.2) is 0 Å². The van der Waals surface area contributed by atoms with Gasteiger partial charge in [-0.25, -0.2) is 0 Å². The van der Waals surface area contributed by atoms with Crippen molar-refractivity contribution >= 4 is 34.8 Å². The van der Waals surface area contributed by atoms with Crippen LogP contribution in [-0.4, -0.2) is 15.1 Å². The molecular weight excluding hydrogens is 487 g/mol. The van der Waals surface area contributed by atoms with Crippen molar-refractivity contribution in [1.82, 2.24) is 9.97 Å². The zero-order valence-electron chi connectivity index (χ0n) is 18.4. The van der Waals surface area contributed by atoms with Crippen LogP contribution in [-0.2, 0) is 25.7 Å². The molecule has 6 heteroatoms. The number of hydrogen-bond acceptors (Lipinski definition) is 3. The van der Waals surface area contributed by atoms with Crippen molar-refractivity contribution in [3.8, 4) is 0 Å². The molecule has 2 aliphatic carbocycles. The number of aromatic nitrogens is 2. The largest absolute Gasteiger partial charge is 0.382 e. The minimum absolute atomic E-state index is 0.166. The third kappa shape index (κ3) is 4.71. The molecule has 2 atom stereocenters. The number of fused-ring (bicyclic) bond motifs is 4. The number of nitrogens with zero attached hydrogens (tertiary/aromatic N) is 2. The van der Waals surface area contributed by atoms with E-state index < -0.39 is 6.10 Å². The Morgan fingerprint density at radius 3 is 1.79 bits per heavy atom. The third-order valence-electron chi connectivity index (χ3n) is 6.46. The quantitative estimate of drug-likeness (QED) is 0.258. The van der Waals surface area contributed by atoms with E-state index in [1.165, 1.54) is 11.1 Å². The highest BCUT2D eigenvalue weighted by Gasteiger charge is 2.23. The van der Waals surface area contributed by atoms with Gasteiger partial charge in [0.25, 0.3) is 0 Å². The number of pyridine rings is 2. The highest BCUT2D eigenvalue weighted by atomic mass is 35.5. The molecule has 2 heterocycles. The number of benzene rings is 2. The van der Waals surface area contributed by atoms with Gasteiger partial charge in [-0.15, -0.1) is 11.6 Å². The number of halogens is 3. The Balaban J connectivity index is 0.000000142. The molecule has 4 aromatic rings. The van der Waals surface area contributed by atoms with Crippen LogP contribution < -0.4 is 0 Å². The second-order valence-electron chi connectivity index (χ2n) is 8.55. The van der Waals surface area contributed by atoms with Crippen molar-refractivity contribution in [3.05, 3.63) is 128 Å². The summed E-state index contributed by atoms with van der Waals surface area (Å²) in [5.74, 6) is 0. The molecule has 1 N–H and O–H groups in total. The summed E-state index contributed by atoms with van der Waals surface area (Å²) in [5.41, 5.74) is 8.51. The van der Waals surface area contributed by atoms with Crippen molar-refractivity contribution in [2.45, 2.75) is 37.2 Å². The van der Waals surface area contributed by atoms with E-state index in [0.29, 0.717) is 0 Å². The summed E-state index contributed by atoms with van der Waals surface area (Å²) < 4.78 is 0. The molecular formula is C28H23Cl3N2O. The van der Waals surface area contributed by atoms with Crippen LogP contribution in [0.15, 0.2) is 73.1 Å². The molecule has 0 radical (unpaired) electrons. The first-order valence-electron chi connectivity index (χ1n) is 11.3. The number of aliphatic hydroxyl groups is 1. The van der Waals surface area contributed by atoms with Crippen LogP contribution in [0.25, 0.3) is 0 Å². The second kappa shape index (κ2) is 10.1. The minimum Gasteiger partial charge on any atom is -0.382 e. The Hall–Kier alpha value is -2.43. The highest BCUT2D eigenvalue weighted by Crippen LogP contribution is 2.36. The molecule has 0 fully saturated rings. The topological polar surface area (TPSA) is 46.0 Å². The summed E-state index contributed by atoms with van der Waals surface area (Å²) in [5, 5.41) is 11.7. The molecule has 0 amide bonds. The molecule has 2 aromatic carbocycles. The first-order valence-corrected chi connectivity index (χ1v) is 12.5. The van der Waals surface area contributed by atoms with Gasteiger partial charge in [0.05, 0.1) is 11.4 Å². The van der Waals surface area contributed by atoms with Gasteiger partial charge in [-0.2, -0.15) is 0 Å². The highest BCUT2D eigenvalue weighted by molar-refractivity contribution is 6.31. The molecule has 3 nitrogen and oxygen atoms in total. The zero-order chi connectivity index (χ0) is 23.7. The lowest BCUT2D eigenvalue weighted by atomic mass is 10.0. The number of aryl methyl sites for hydroxylation is 4. The average Bonchev–Trinajstić information content (AvgIpc) is 3.08. The predicted octanol–water partition coefficient (Wildman–Crippen LogP) is 7.08. The van der Waals surface area contributed by atoms with Crippen LogP contribution in [0.1, 0.15) is 56.2 Å². The molecule has 0 bridgehead atoms. The van der Waals surface area contributed by atoms with Crippen LogP contribution in [0, 0.1) is 0 Å². The van der Waals surface area contributed by atoms with Gasteiger partial charge in [-0.3, -0.25) is 9.97 Å². The Morgan fingerprint density at radius 2 is 1.15 bits per heavy atom. The third-order valence-corrected chi connectivity index (χ3v) is 7.37. The SMILES string of the molecule is Clc1ccc2c(c1)CCc1cccnc1C2Cl.OC1c2ccc(Cl)cc2CCc2cccnc21. The average molecular weight is 510 g/mol. The molecule has 2 unspecified atom stereocenters. The fourth-order valence-corrected chi connectivity index (χ4v) is 5.53. The lowest BCUT2D eigenvalue weighted by Crippen LogP contribution is -2.04. The number of aliphatic hydroxyl groups excluding tert-OH is 1. The molecule has 0 saturated carbocycles. The van der Waals surface area contributed by atoms with Crippen molar-refractivity contribution in [3.63, 3.8) is 0 Å². The lowest BCUT2D eigenvalue weighted by Gasteiger charge is -2.13. The summed E-state index contributed by atoms with van der Waals surface area (Å²) >= 11 is 18.6. The number of alkyl halides is 1. The fraction of sp³-hybridized carbons (Fsp3) is 0.214. The maximum Gasteiger partial charge on any atom is 0.121 e. The molecule has 6 rings (SSSR count). The van der Waals surface area contributed by atoms with E-state index in [1.807, 2.05) is 54.6 Å². The van der Waals surface area contributed by atoms with Crippen LogP contribution in [0.5, 0.6) is 0 Å². The Bertz CT molecular complexity index is 1240. The van der Waals surface area contributed by atoms with E-state index in [-0.39, 0.29) is 5.38 Å². The predicted molar refractivity (Wildman–Crippen MR) is 138 cm³/mol. The van der Waals surface area contributed by atoms with Gasteiger partial charge >= 0.3 is 0 Å². The van der Waals surface area contributed by atoms with Gasteiger partial charge in [0, 0.05) is 22.4 Å². The van der Waals surface area contributed by atoms with E-state index in [0.717, 1.165) is 69.4 Å². The monoisotopic (exact) mass is 508 g/mol. The first-order chi connectivity index (χ1) is 16.5. The van der Waals surface area contributed by atoms with Crippen LogP contribution in [0.2, 0.25) is 10.0 Å². The van der Waals surface area contributed by atoms with Gasteiger partial charge < -0.3 is 5.11 Å². The van der Waals surface area contributed by atoms with Crippen molar-refractivity contribution < 1.29 is 5.11 Å². The zero-order valence-corrected chi connectivity index (χ0v) is 20.7. The summed E-state index contributed by atoms with van der Waals surface area (Å²) in [6.45, 7) is 0. The Kier molecular flexibility index (Phi) is 6.89. The smallest absolute Gasteiger partial charge is 0.121 e. The summed E-state index contributed by atoms with van der Waals surface area (Å²) in [6, 6.07) is 19.6. The maximum atomic E-state index is 10.4. The molecule has 0 saturated heterocycles. The van der Waals surface area contributed by atoms with E-state index in [9.17, 15) is 5.11 Å². The minimum atomic E-state index is -0.638. The van der Waals surface area contributed by atoms with Gasteiger partial charge in [0.2, 0.25) is 0 Å². The number of rotatable bonds is 0. The second-order valence-corrected chi connectivity index (χ2v) is 9.86. The van der Waals surface area contributed by atoms with Crippen molar-refractivity contribution in [2.75, 3.05) is 0 Å². The summed E-state index contributed by atoms with van der Waals surface area (Å²) in [6.07, 6.45) is 6.62. The van der Waals surface area contributed by atoms with Crippen LogP contribution in [0.4, 0.5) is 0 Å². The molecule has 2 aliphatic rings. The van der Waals surface area contributed by atoms with Crippen molar-refractivity contribution in [1.29, 1.82) is 0 Å². The normalized spacial score (nSPS) is 18.1. The fourth-order valence-electron chi connectivity index (χ4n) is 4.73. The maximum absolute atomic E-state index is 10.4. The Morgan fingerprint density at radius 1 is 0.647 bits per heavy atom. The van der Waals surface area contributed by atoms with Gasteiger partial charge in [0.1, 0.15) is 11.5 Å². The van der Waals surface area contributed by atoms with Crippen LogP contribution >= 0.6 is 34.8 Å². The first kappa shape index (κ1) is 23.3. The van der Waals surface area contributed by atoms with Gasteiger partial charge in [-0.05, 0) is 95.5 Å².